The van der Waals surface area contributed by atoms with E-state index in [0.717, 1.165) is 44.9 Å². The quantitative estimate of drug-likeness (QED) is 0.0322. The lowest BCUT2D eigenvalue weighted by molar-refractivity contribution is -0.143. The molecular formula is C54H105NO5. The molecule has 0 aliphatic rings. The predicted octanol–water partition coefficient (Wildman–Crippen LogP) is 16.1. The number of hydrogen-bond acceptors (Lipinski definition) is 5. The highest BCUT2D eigenvalue weighted by atomic mass is 16.5. The van der Waals surface area contributed by atoms with Crippen molar-refractivity contribution in [2.24, 2.45) is 0 Å². The molecule has 356 valence electrons. The van der Waals surface area contributed by atoms with Gasteiger partial charge in [0.15, 0.2) is 0 Å². The summed E-state index contributed by atoms with van der Waals surface area (Å²) < 4.78 is 5.46. The molecule has 2 atom stereocenters. The summed E-state index contributed by atoms with van der Waals surface area (Å²) in [5.41, 5.74) is 0. The normalized spacial score (nSPS) is 12.7. The van der Waals surface area contributed by atoms with Gasteiger partial charge < -0.3 is 20.3 Å². The van der Waals surface area contributed by atoms with Crippen LogP contribution in [0.1, 0.15) is 296 Å². The van der Waals surface area contributed by atoms with Gasteiger partial charge in [0.2, 0.25) is 5.91 Å². The number of hydrogen-bond donors (Lipinski definition) is 3. The summed E-state index contributed by atoms with van der Waals surface area (Å²) in [5.74, 6) is -0.0407. The average molecular weight is 848 g/mol. The van der Waals surface area contributed by atoms with Gasteiger partial charge in [-0.25, -0.2) is 0 Å². The van der Waals surface area contributed by atoms with E-state index in [4.69, 9.17) is 4.74 Å². The lowest BCUT2D eigenvalue weighted by Gasteiger charge is -2.22. The first-order valence-electron chi connectivity index (χ1n) is 26.9. The van der Waals surface area contributed by atoms with Crippen LogP contribution in [-0.4, -0.2) is 47.4 Å². The molecule has 3 N–H and O–H groups in total. The van der Waals surface area contributed by atoms with E-state index >= 15 is 0 Å². The van der Waals surface area contributed by atoms with Crippen molar-refractivity contribution >= 4 is 11.9 Å². The first kappa shape index (κ1) is 58.6. The van der Waals surface area contributed by atoms with Gasteiger partial charge in [0.25, 0.3) is 0 Å². The second kappa shape index (κ2) is 50.2. The fourth-order valence-corrected chi connectivity index (χ4v) is 8.40. The third-order valence-electron chi connectivity index (χ3n) is 12.6. The smallest absolute Gasteiger partial charge is 0.305 e. The van der Waals surface area contributed by atoms with Gasteiger partial charge >= 0.3 is 5.97 Å². The number of amides is 1. The fourth-order valence-electron chi connectivity index (χ4n) is 8.40. The molecule has 0 saturated heterocycles. The number of aliphatic hydroxyl groups excluding tert-OH is 2. The van der Waals surface area contributed by atoms with Crippen LogP contribution < -0.4 is 5.32 Å². The summed E-state index contributed by atoms with van der Waals surface area (Å²) in [4.78, 5) is 24.4. The zero-order valence-electron chi connectivity index (χ0n) is 40.5. The van der Waals surface area contributed by atoms with Gasteiger partial charge in [-0.05, 0) is 51.4 Å². The molecule has 0 fully saturated rings. The number of esters is 1. The molecule has 0 rings (SSSR count). The number of aliphatic hydroxyl groups is 2. The standard InChI is InChI=1S/C54H105NO5/c1-3-5-7-9-11-13-15-23-28-32-36-40-44-48-54(59)60-49-45-41-37-33-29-25-22-20-18-17-19-21-24-27-31-35-39-43-47-53(58)55-51(50-56)52(57)46-42-38-34-30-26-16-14-12-10-8-6-4-2/h13,15,51-52,56-57H,3-12,14,16-50H2,1-2H3,(H,55,58)/b15-13-. The monoisotopic (exact) mass is 848 g/mol. The zero-order chi connectivity index (χ0) is 43.7. The predicted molar refractivity (Wildman–Crippen MR) is 260 cm³/mol. The molecule has 0 aromatic heterocycles. The van der Waals surface area contributed by atoms with E-state index in [0.29, 0.717) is 25.9 Å². The third kappa shape index (κ3) is 46.1. The SMILES string of the molecule is CCCCCC/C=C\CCCCCCCC(=O)OCCCCCCCCCCCCCCCCCCCCC(=O)NC(CO)C(O)CCCCCCCCCCCCCC. The van der Waals surface area contributed by atoms with Crippen molar-refractivity contribution in [1.82, 2.24) is 5.32 Å². The first-order chi connectivity index (χ1) is 29.5. The molecule has 0 aromatic rings. The number of ether oxygens (including phenoxy) is 1. The molecule has 6 heteroatoms. The second-order valence-corrected chi connectivity index (χ2v) is 18.6. The number of unbranched alkanes of at least 4 members (excludes halogenated alkanes) is 37. The molecule has 0 spiro atoms. The number of rotatable bonds is 50. The lowest BCUT2D eigenvalue weighted by atomic mass is 10.0. The Bertz CT molecular complexity index is 893. The Morgan fingerprint density at radius 2 is 0.783 bits per heavy atom. The molecule has 0 aliphatic carbocycles. The van der Waals surface area contributed by atoms with Crippen LogP contribution in [0.4, 0.5) is 0 Å². The Balaban J connectivity index is 3.40. The van der Waals surface area contributed by atoms with Crippen molar-refractivity contribution in [3.05, 3.63) is 12.2 Å². The third-order valence-corrected chi connectivity index (χ3v) is 12.6. The highest BCUT2D eigenvalue weighted by molar-refractivity contribution is 5.76. The second-order valence-electron chi connectivity index (χ2n) is 18.6. The molecule has 0 aromatic carbocycles. The Morgan fingerprint density at radius 1 is 0.450 bits per heavy atom. The van der Waals surface area contributed by atoms with Crippen LogP contribution in [0.2, 0.25) is 0 Å². The van der Waals surface area contributed by atoms with E-state index in [-0.39, 0.29) is 18.5 Å². The number of allylic oxidation sites excluding steroid dienone is 2. The Kier molecular flexibility index (Phi) is 49.1. The summed E-state index contributed by atoms with van der Waals surface area (Å²) in [6.45, 7) is 4.93. The minimum absolute atomic E-state index is 0.00178. The van der Waals surface area contributed by atoms with Gasteiger partial charge in [0, 0.05) is 12.8 Å². The summed E-state index contributed by atoms with van der Waals surface area (Å²) in [5, 5.41) is 23.2. The summed E-state index contributed by atoms with van der Waals surface area (Å²) in [6, 6.07) is -0.542. The average Bonchev–Trinajstić information content (AvgIpc) is 3.25. The Morgan fingerprint density at radius 3 is 1.20 bits per heavy atom. The van der Waals surface area contributed by atoms with E-state index in [1.165, 1.54) is 218 Å². The van der Waals surface area contributed by atoms with Crippen molar-refractivity contribution in [2.45, 2.75) is 309 Å². The van der Waals surface area contributed by atoms with Crippen molar-refractivity contribution in [1.29, 1.82) is 0 Å². The van der Waals surface area contributed by atoms with E-state index in [9.17, 15) is 19.8 Å². The van der Waals surface area contributed by atoms with E-state index in [1.54, 1.807) is 0 Å². The van der Waals surface area contributed by atoms with Gasteiger partial charge in [-0.3, -0.25) is 9.59 Å². The number of carbonyl (C=O) groups is 2. The summed E-state index contributed by atoms with van der Waals surface area (Å²) >= 11 is 0. The van der Waals surface area contributed by atoms with Crippen LogP contribution in [0, 0.1) is 0 Å². The highest BCUT2D eigenvalue weighted by Crippen LogP contribution is 2.17. The summed E-state index contributed by atoms with van der Waals surface area (Å²) in [6.07, 6.45) is 57.6. The van der Waals surface area contributed by atoms with Crippen molar-refractivity contribution in [2.75, 3.05) is 13.2 Å². The van der Waals surface area contributed by atoms with Crippen LogP contribution in [-0.2, 0) is 14.3 Å². The maximum atomic E-state index is 12.4. The molecule has 2 unspecified atom stereocenters. The molecule has 1 amide bonds. The van der Waals surface area contributed by atoms with Gasteiger partial charge in [0.05, 0.1) is 25.4 Å². The zero-order valence-corrected chi connectivity index (χ0v) is 40.5. The van der Waals surface area contributed by atoms with Gasteiger partial charge in [0.1, 0.15) is 0 Å². The minimum atomic E-state index is -0.665. The molecule has 6 nitrogen and oxygen atoms in total. The summed E-state index contributed by atoms with van der Waals surface area (Å²) in [7, 11) is 0. The minimum Gasteiger partial charge on any atom is -0.466 e. The molecule has 0 radical (unpaired) electrons. The van der Waals surface area contributed by atoms with Crippen molar-refractivity contribution in [3.8, 4) is 0 Å². The fraction of sp³-hybridized carbons (Fsp3) is 0.926. The number of carbonyl (C=O) groups excluding carboxylic acids is 2. The topological polar surface area (TPSA) is 95.9 Å². The number of nitrogens with one attached hydrogen (secondary N) is 1. The van der Waals surface area contributed by atoms with Crippen molar-refractivity contribution in [3.63, 3.8) is 0 Å². The van der Waals surface area contributed by atoms with Gasteiger partial charge in [-0.15, -0.1) is 0 Å². The molecule has 60 heavy (non-hydrogen) atoms. The van der Waals surface area contributed by atoms with E-state index in [1.807, 2.05) is 0 Å². The van der Waals surface area contributed by atoms with E-state index < -0.39 is 12.1 Å². The molecule has 0 heterocycles. The first-order valence-corrected chi connectivity index (χ1v) is 26.9. The Labute approximate surface area is 374 Å². The van der Waals surface area contributed by atoms with Crippen LogP contribution >= 0.6 is 0 Å². The molecule has 0 aliphatic heterocycles. The van der Waals surface area contributed by atoms with Crippen molar-refractivity contribution < 1.29 is 24.5 Å². The Hall–Kier alpha value is -1.40. The van der Waals surface area contributed by atoms with Crippen LogP contribution in [0.3, 0.4) is 0 Å². The largest absolute Gasteiger partial charge is 0.466 e. The van der Waals surface area contributed by atoms with Gasteiger partial charge in [-0.2, -0.15) is 0 Å². The lowest BCUT2D eigenvalue weighted by Crippen LogP contribution is -2.45. The maximum Gasteiger partial charge on any atom is 0.305 e. The highest BCUT2D eigenvalue weighted by Gasteiger charge is 2.20. The van der Waals surface area contributed by atoms with Crippen LogP contribution in [0.25, 0.3) is 0 Å². The van der Waals surface area contributed by atoms with Crippen LogP contribution in [0.5, 0.6) is 0 Å². The maximum absolute atomic E-state index is 12.4. The van der Waals surface area contributed by atoms with E-state index in [2.05, 4.69) is 31.3 Å². The molecule has 0 saturated carbocycles. The van der Waals surface area contributed by atoms with Gasteiger partial charge in [-0.1, -0.05) is 244 Å². The molecular weight excluding hydrogens is 743 g/mol. The van der Waals surface area contributed by atoms with Crippen LogP contribution in [0.15, 0.2) is 12.2 Å². The molecule has 0 bridgehead atoms.